The predicted molar refractivity (Wildman–Crippen MR) is 86.7 cm³/mol. The molecule has 2 nitrogen and oxygen atoms in total. The van der Waals surface area contributed by atoms with Crippen molar-refractivity contribution < 1.29 is 0 Å². The molecule has 0 aromatic carbocycles. The first-order valence-electron chi connectivity index (χ1n) is 7.22. The van der Waals surface area contributed by atoms with Crippen LogP contribution in [0.1, 0.15) is 56.8 Å². The maximum absolute atomic E-state index is 6.41. The average Bonchev–Trinajstić information content (AvgIpc) is 2.73. The zero-order valence-corrected chi connectivity index (χ0v) is 14.3. The van der Waals surface area contributed by atoms with E-state index in [1.807, 2.05) is 11.3 Å². The molecule has 0 aliphatic heterocycles. The fourth-order valence-corrected chi connectivity index (χ4v) is 3.51. The molecule has 3 heteroatoms. The van der Waals surface area contributed by atoms with Gasteiger partial charge in [0.2, 0.25) is 0 Å². The molecule has 3 atom stereocenters. The Morgan fingerprint density at radius 1 is 1.32 bits per heavy atom. The molecule has 3 unspecified atom stereocenters. The summed E-state index contributed by atoms with van der Waals surface area (Å²) < 4.78 is 0. The summed E-state index contributed by atoms with van der Waals surface area (Å²) in [5, 5.41) is 0. The molecule has 110 valence electrons. The van der Waals surface area contributed by atoms with Gasteiger partial charge in [0.15, 0.2) is 0 Å². The van der Waals surface area contributed by atoms with Crippen molar-refractivity contribution in [3.05, 3.63) is 21.9 Å². The van der Waals surface area contributed by atoms with Crippen molar-refractivity contribution in [2.24, 2.45) is 11.1 Å². The van der Waals surface area contributed by atoms with Gasteiger partial charge in [-0.1, -0.05) is 27.7 Å². The third-order valence-corrected chi connectivity index (χ3v) is 5.30. The summed E-state index contributed by atoms with van der Waals surface area (Å²) in [4.78, 5) is 5.21. The second kappa shape index (κ2) is 6.38. The van der Waals surface area contributed by atoms with E-state index in [4.69, 9.17) is 5.73 Å². The van der Waals surface area contributed by atoms with Crippen LogP contribution in [0.3, 0.4) is 0 Å². The van der Waals surface area contributed by atoms with E-state index in [-0.39, 0.29) is 11.5 Å². The molecule has 0 saturated heterocycles. The van der Waals surface area contributed by atoms with Gasteiger partial charge in [0, 0.05) is 21.8 Å². The Morgan fingerprint density at radius 2 is 1.89 bits per heavy atom. The second-order valence-corrected chi connectivity index (χ2v) is 7.99. The van der Waals surface area contributed by atoms with Crippen LogP contribution in [-0.2, 0) is 0 Å². The summed E-state index contributed by atoms with van der Waals surface area (Å²) in [6.07, 6.45) is 1.00. The van der Waals surface area contributed by atoms with Crippen LogP contribution in [0.2, 0.25) is 0 Å². The molecule has 0 amide bonds. The number of hydrogen-bond donors (Lipinski definition) is 1. The van der Waals surface area contributed by atoms with Crippen molar-refractivity contribution in [3.8, 4) is 0 Å². The molecule has 2 N–H and O–H groups in total. The summed E-state index contributed by atoms with van der Waals surface area (Å²) >= 11 is 1.87. The Bertz CT molecular complexity index is 392. The minimum Gasteiger partial charge on any atom is -0.326 e. The normalized spacial score (nSPS) is 17.5. The van der Waals surface area contributed by atoms with Crippen molar-refractivity contribution in [1.82, 2.24) is 4.90 Å². The molecule has 1 aromatic rings. The van der Waals surface area contributed by atoms with E-state index >= 15 is 0 Å². The van der Waals surface area contributed by atoms with Crippen molar-refractivity contribution in [3.63, 3.8) is 0 Å². The Labute approximate surface area is 123 Å². The van der Waals surface area contributed by atoms with Crippen LogP contribution in [0.4, 0.5) is 0 Å². The number of likely N-dealkylation sites (N-methyl/N-ethyl adjacent to an activating group) is 1. The van der Waals surface area contributed by atoms with E-state index in [1.165, 1.54) is 9.75 Å². The third-order valence-electron chi connectivity index (χ3n) is 4.23. The van der Waals surface area contributed by atoms with Gasteiger partial charge in [-0.25, -0.2) is 0 Å². The Balaban J connectivity index is 3.04. The van der Waals surface area contributed by atoms with Crippen molar-refractivity contribution in [2.45, 2.75) is 66.1 Å². The lowest BCUT2D eigenvalue weighted by Gasteiger charge is -2.42. The van der Waals surface area contributed by atoms with Gasteiger partial charge >= 0.3 is 0 Å². The Morgan fingerprint density at radius 3 is 2.26 bits per heavy atom. The first-order chi connectivity index (χ1) is 8.68. The van der Waals surface area contributed by atoms with E-state index in [9.17, 15) is 0 Å². The summed E-state index contributed by atoms with van der Waals surface area (Å²) in [5.74, 6) is 0. The van der Waals surface area contributed by atoms with E-state index in [1.54, 1.807) is 0 Å². The SMILES string of the molecule is CCC(N)C(c1ccc(C)s1)N(C)C(C)C(C)(C)C. The van der Waals surface area contributed by atoms with E-state index in [0.717, 1.165) is 6.42 Å². The molecule has 0 radical (unpaired) electrons. The molecule has 0 saturated carbocycles. The summed E-state index contributed by atoms with van der Waals surface area (Å²) in [6.45, 7) is 13.5. The third kappa shape index (κ3) is 4.04. The molecule has 0 spiro atoms. The van der Waals surface area contributed by atoms with Gasteiger partial charge in [-0.05, 0) is 44.9 Å². The van der Waals surface area contributed by atoms with Crippen LogP contribution in [0, 0.1) is 12.3 Å². The highest BCUT2D eigenvalue weighted by Crippen LogP contribution is 2.35. The lowest BCUT2D eigenvalue weighted by atomic mass is 9.85. The molecule has 0 aliphatic rings. The topological polar surface area (TPSA) is 29.3 Å². The van der Waals surface area contributed by atoms with E-state index < -0.39 is 0 Å². The molecule has 1 heterocycles. The highest BCUT2D eigenvalue weighted by atomic mass is 32.1. The van der Waals surface area contributed by atoms with Gasteiger partial charge in [0.25, 0.3) is 0 Å². The first-order valence-corrected chi connectivity index (χ1v) is 8.04. The van der Waals surface area contributed by atoms with Crippen LogP contribution in [-0.4, -0.2) is 24.0 Å². The number of aryl methyl sites for hydroxylation is 1. The monoisotopic (exact) mass is 282 g/mol. The Hall–Kier alpha value is -0.380. The van der Waals surface area contributed by atoms with Crippen LogP contribution >= 0.6 is 11.3 Å². The second-order valence-electron chi connectivity index (χ2n) is 6.67. The van der Waals surface area contributed by atoms with Gasteiger partial charge < -0.3 is 5.73 Å². The predicted octanol–water partition coefficient (Wildman–Crippen LogP) is 4.20. The minimum atomic E-state index is 0.188. The van der Waals surface area contributed by atoms with Gasteiger partial charge in [-0.15, -0.1) is 11.3 Å². The zero-order chi connectivity index (χ0) is 14.8. The van der Waals surface area contributed by atoms with Crippen molar-refractivity contribution in [1.29, 1.82) is 0 Å². The fourth-order valence-electron chi connectivity index (χ4n) is 2.40. The highest BCUT2D eigenvalue weighted by molar-refractivity contribution is 7.12. The number of hydrogen-bond acceptors (Lipinski definition) is 3. The standard InChI is InChI=1S/C16H30N2S/c1-8-13(17)15(14-10-9-11(2)19-14)18(7)12(3)16(4,5)6/h9-10,12-13,15H,8,17H2,1-7H3. The number of nitrogens with two attached hydrogens (primary N) is 1. The smallest absolute Gasteiger partial charge is 0.0593 e. The summed E-state index contributed by atoms with van der Waals surface area (Å²) in [6, 6.07) is 5.43. The molecule has 1 aromatic heterocycles. The average molecular weight is 282 g/mol. The zero-order valence-electron chi connectivity index (χ0n) is 13.5. The molecular formula is C16H30N2S. The summed E-state index contributed by atoms with van der Waals surface area (Å²) in [5.41, 5.74) is 6.66. The fraction of sp³-hybridized carbons (Fsp3) is 0.750. The highest BCUT2D eigenvalue weighted by Gasteiger charge is 2.32. The molecule has 0 aliphatic carbocycles. The van der Waals surface area contributed by atoms with Gasteiger partial charge in [0.05, 0.1) is 6.04 Å². The van der Waals surface area contributed by atoms with Crippen molar-refractivity contribution >= 4 is 11.3 Å². The quantitative estimate of drug-likeness (QED) is 0.877. The van der Waals surface area contributed by atoms with Gasteiger partial charge in [-0.2, -0.15) is 0 Å². The van der Waals surface area contributed by atoms with Crippen LogP contribution < -0.4 is 5.73 Å². The van der Waals surface area contributed by atoms with E-state index in [2.05, 4.69) is 65.6 Å². The lowest BCUT2D eigenvalue weighted by Crippen LogP contribution is -2.47. The number of thiophene rings is 1. The maximum Gasteiger partial charge on any atom is 0.0593 e. The van der Waals surface area contributed by atoms with Crippen molar-refractivity contribution in [2.75, 3.05) is 7.05 Å². The number of rotatable bonds is 5. The van der Waals surface area contributed by atoms with Crippen LogP contribution in [0.15, 0.2) is 12.1 Å². The molecule has 0 fully saturated rings. The largest absolute Gasteiger partial charge is 0.326 e. The lowest BCUT2D eigenvalue weighted by molar-refractivity contribution is 0.0847. The molecule has 1 rings (SSSR count). The molecular weight excluding hydrogens is 252 g/mol. The molecule has 0 bridgehead atoms. The number of nitrogens with zero attached hydrogens (tertiary/aromatic N) is 1. The Kier molecular flexibility index (Phi) is 5.60. The first kappa shape index (κ1) is 16.7. The van der Waals surface area contributed by atoms with Crippen LogP contribution in [0.5, 0.6) is 0 Å². The van der Waals surface area contributed by atoms with Gasteiger partial charge in [-0.3, -0.25) is 4.90 Å². The minimum absolute atomic E-state index is 0.188. The molecule has 19 heavy (non-hydrogen) atoms. The summed E-state index contributed by atoms with van der Waals surface area (Å²) in [7, 11) is 2.21. The van der Waals surface area contributed by atoms with Gasteiger partial charge in [0.1, 0.15) is 0 Å². The van der Waals surface area contributed by atoms with E-state index in [0.29, 0.717) is 12.1 Å². The van der Waals surface area contributed by atoms with Crippen LogP contribution in [0.25, 0.3) is 0 Å². The maximum atomic E-state index is 6.41.